The molecule has 2 fully saturated rings. The predicted octanol–water partition coefficient (Wildman–Crippen LogP) is -0.208. The summed E-state index contributed by atoms with van der Waals surface area (Å²) in [5, 5.41) is 5.27. The molecule has 0 aromatic rings. The summed E-state index contributed by atoms with van der Waals surface area (Å²) in [5.41, 5.74) is 0. The molecule has 2 aliphatic heterocycles. The van der Waals surface area contributed by atoms with Crippen molar-refractivity contribution in [1.29, 1.82) is 0 Å². The Bertz CT molecular complexity index is 443. The van der Waals surface area contributed by atoms with Crippen LogP contribution >= 0.6 is 0 Å². The van der Waals surface area contributed by atoms with Crippen molar-refractivity contribution >= 4 is 17.7 Å². The predicted molar refractivity (Wildman–Crippen MR) is 64.9 cm³/mol. The van der Waals surface area contributed by atoms with Gasteiger partial charge in [-0.1, -0.05) is 0 Å². The number of piperidine rings is 1. The molecule has 118 valence electrons. The van der Waals surface area contributed by atoms with Crippen LogP contribution in [0.25, 0.3) is 0 Å². The topological polar surface area (TPSA) is 78.5 Å². The van der Waals surface area contributed by atoms with E-state index in [0.717, 1.165) is 0 Å². The molecule has 0 radical (unpaired) electrons. The minimum Gasteiger partial charge on any atom is -0.354 e. The van der Waals surface area contributed by atoms with Gasteiger partial charge in [-0.15, -0.1) is 0 Å². The van der Waals surface area contributed by atoms with Gasteiger partial charge in [0.25, 0.3) is 0 Å². The number of nitrogens with one attached hydrogen (secondary N) is 2. The van der Waals surface area contributed by atoms with Gasteiger partial charge in [0.05, 0.1) is 5.92 Å². The van der Waals surface area contributed by atoms with Crippen LogP contribution in [0.2, 0.25) is 0 Å². The quantitative estimate of drug-likeness (QED) is 0.757. The zero-order chi connectivity index (χ0) is 15.6. The van der Waals surface area contributed by atoms with E-state index in [0.29, 0.717) is 24.3 Å². The molecule has 0 aromatic heterocycles. The van der Waals surface area contributed by atoms with Gasteiger partial charge in [-0.2, -0.15) is 13.2 Å². The number of halogens is 3. The lowest BCUT2D eigenvalue weighted by Gasteiger charge is -2.25. The summed E-state index contributed by atoms with van der Waals surface area (Å²) < 4.78 is 36.9. The van der Waals surface area contributed by atoms with Crippen LogP contribution in [-0.2, 0) is 14.4 Å². The molecule has 2 aliphatic rings. The maximum atomic E-state index is 12.3. The highest BCUT2D eigenvalue weighted by Gasteiger charge is 2.40. The van der Waals surface area contributed by atoms with E-state index < -0.39 is 30.5 Å². The molecule has 2 rings (SSSR count). The molecule has 0 spiro atoms. The molecule has 0 aromatic carbocycles. The molecule has 21 heavy (non-hydrogen) atoms. The molecule has 2 N–H and O–H groups in total. The molecule has 2 heterocycles. The van der Waals surface area contributed by atoms with Gasteiger partial charge >= 0.3 is 6.18 Å². The second kappa shape index (κ2) is 5.90. The standard InChI is InChI=1S/C12H16F3N3O3/c13-12(14,15)6-18-5-7(3-10(18)20)11(21)17-8-1-2-9(19)16-4-8/h7-8H,1-6H2,(H,16,19)(H,17,21). The Morgan fingerprint density at radius 3 is 2.67 bits per heavy atom. The van der Waals surface area contributed by atoms with Gasteiger partial charge in [-0.3, -0.25) is 14.4 Å². The number of likely N-dealkylation sites (tertiary alicyclic amines) is 1. The van der Waals surface area contributed by atoms with Crippen molar-refractivity contribution in [2.45, 2.75) is 31.5 Å². The third-order valence-corrected chi connectivity index (χ3v) is 3.57. The van der Waals surface area contributed by atoms with Crippen molar-refractivity contribution in [2.24, 2.45) is 5.92 Å². The molecule has 2 saturated heterocycles. The number of carbonyl (C=O) groups excluding carboxylic acids is 3. The third kappa shape index (κ3) is 4.33. The van der Waals surface area contributed by atoms with E-state index >= 15 is 0 Å². The average molecular weight is 307 g/mol. The van der Waals surface area contributed by atoms with Crippen molar-refractivity contribution in [3.63, 3.8) is 0 Å². The summed E-state index contributed by atoms with van der Waals surface area (Å²) in [7, 11) is 0. The molecular formula is C12H16F3N3O3. The first-order valence-corrected chi connectivity index (χ1v) is 6.66. The van der Waals surface area contributed by atoms with Crippen molar-refractivity contribution in [3.05, 3.63) is 0 Å². The highest BCUT2D eigenvalue weighted by Crippen LogP contribution is 2.24. The largest absolute Gasteiger partial charge is 0.406 e. The highest BCUT2D eigenvalue weighted by atomic mass is 19.4. The van der Waals surface area contributed by atoms with Crippen LogP contribution < -0.4 is 10.6 Å². The summed E-state index contributed by atoms with van der Waals surface area (Å²) >= 11 is 0. The first kappa shape index (κ1) is 15.6. The van der Waals surface area contributed by atoms with E-state index in [1.54, 1.807) is 0 Å². The van der Waals surface area contributed by atoms with Crippen LogP contribution in [-0.4, -0.2) is 54.5 Å². The molecular weight excluding hydrogens is 291 g/mol. The van der Waals surface area contributed by atoms with E-state index in [2.05, 4.69) is 10.6 Å². The van der Waals surface area contributed by atoms with Gasteiger partial charge in [0, 0.05) is 32.0 Å². The number of rotatable bonds is 3. The Balaban J connectivity index is 1.84. The lowest BCUT2D eigenvalue weighted by atomic mass is 10.0. The Hall–Kier alpha value is -1.80. The first-order chi connectivity index (χ1) is 9.74. The Kier molecular flexibility index (Phi) is 4.38. The van der Waals surface area contributed by atoms with E-state index in [9.17, 15) is 27.6 Å². The van der Waals surface area contributed by atoms with E-state index in [-0.39, 0.29) is 24.9 Å². The lowest BCUT2D eigenvalue weighted by molar-refractivity contribution is -0.157. The summed E-state index contributed by atoms with van der Waals surface area (Å²) in [6.07, 6.45) is -3.88. The molecule has 0 aliphatic carbocycles. The summed E-state index contributed by atoms with van der Waals surface area (Å²) in [6, 6.07) is -0.234. The van der Waals surface area contributed by atoms with Crippen LogP contribution in [0.1, 0.15) is 19.3 Å². The third-order valence-electron chi connectivity index (χ3n) is 3.57. The maximum Gasteiger partial charge on any atom is 0.406 e. The number of amides is 3. The second-order valence-corrected chi connectivity index (χ2v) is 5.34. The molecule has 3 amide bonds. The maximum absolute atomic E-state index is 12.3. The lowest BCUT2D eigenvalue weighted by Crippen LogP contribution is -2.49. The van der Waals surface area contributed by atoms with E-state index in [4.69, 9.17) is 0 Å². The molecule has 9 heteroatoms. The normalized spacial score (nSPS) is 26.7. The Labute approximate surface area is 119 Å². The fraction of sp³-hybridized carbons (Fsp3) is 0.750. The monoisotopic (exact) mass is 307 g/mol. The number of nitrogens with zero attached hydrogens (tertiary/aromatic N) is 1. The average Bonchev–Trinajstić information content (AvgIpc) is 2.72. The zero-order valence-corrected chi connectivity index (χ0v) is 11.2. The van der Waals surface area contributed by atoms with E-state index in [1.807, 2.05) is 0 Å². The Morgan fingerprint density at radius 1 is 1.38 bits per heavy atom. The fourth-order valence-corrected chi connectivity index (χ4v) is 2.49. The highest BCUT2D eigenvalue weighted by molar-refractivity contribution is 5.89. The van der Waals surface area contributed by atoms with Crippen molar-refractivity contribution in [1.82, 2.24) is 15.5 Å². The summed E-state index contributed by atoms with van der Waals surface area (Å²) in [6.45, 7) is -1.24. The molecule has 0 bridgehead atoms. The molecule has 2 unspecified atom stereocenters. The molecule has 2 atom stereocenters. The SMILES string of the molecule is O=C1CCC(NC(=O)C2CC(=O)N(CC(F)(F)F)C2)CN1. The van der Waals surface area contributed by atoms with Crippen LogP contribution in [0, 0.1) is 5.92 Å². The fourth-order valence-electron chi connectivity index (χ4n) is 2.49. The Morgan fingerprint density at radius 2 is 2.10 bits per heavy atom. The van der Waals surface area contributed by atoms with Crippen LogP contribution in [0.15, 0.2) is 0 Å². The number of hydrogen-bond donors (Lipinski definition) is 2. The van der Waals surface area contributed by atoms with Crippen molar-refractivity contribution < 1.29 is 27.6 Å². The van der Waals surface area contributed by atoms with Crippen molar-refractivity contribution in [2.75, 3.05) is 19.6 Å². The van der Waals surface area contributed by atoms with Gasteiger partial charge in [-0.25, -0.2) is 0 Å². The molecule has 6 nitrogen and oxygen atoms in total. The minimum atomic E-state index is -4.46. The summed E-state index contributed by atoms with van der Waals surface area (Å²) in [4.78, 5) is 35.1. The van der Waals surface area contributed by atoms with Gasteiger partial charge in [0.1, 0.15) is 6.54 Å². The van der Waals surface area contributed by atoms with Gasteiger partial charge < -0.3 is 15.5 Å². The first-order valence-electron chi connectivity index (χ1n) is 6.66. The van der Waals surface area contributed by atoms with Crippen LogP contribution in [0.3, 0.4) is 0 Å². The zero-order valence-electron chi connectivity index (χ0n) is 11.2. The number of carbonyl (C=O) groups is 3. The smallest absolute Gasteiger partial charge is 0.354 e. The molecule has 0 saturated carbocycles. The van der Waals surface area contributed by atoms with Crippen LogP contribution in [0.4, 0.5) is 13.2 Å². The number of alkyl halides is 3. The van der Waals surface area contributed by atoms with Gasteiger partial charge in [-0.05, 0) is 6.42 Å². The van der Waals surface area contributed by atoms with E-state index in [1.165, 1.54) is 0 Å². The minimum absolute atomic E-state index is 0.0899. The van der Waals surface area contributed by atoms with Gasteiger partial charge in [0.2, 0.25) is 17.7 Å². The number of hydrogen-bond acceptors (Lipinski definition) is 3. The van der Waals surface area contributed by atoms with Crippen LogP contribution in [0.5, 0.6) is 0 Å². The summed E-state index contributed by atoms with van der Waals surface area (Å²) in [5.74, 6) is -1.95. The van der Waals surface area contributed by atoms with Crippen molar-refractivity contribution in [3.8, 4) is 0 Å². The second-order valence-electron chi connectivity index (χ2n) is 5.34. The van der Waals surface area contributed by atoms with Gasteiger partial charge in [0.15, 0.2) is 0 Å².